The predicted molar refractivity (Wildman–Crippen MR) is 81.4 cm³/mol. The first-order chi connectivity index (χ1) is 9.01. The zero-order valence-corrected chi connectivity index (χ0v) is 13.2. The number of nitrogens with two attached hydrogens (primary N) is 1. The van der Waals surface area contributed by atoms with E-state index in [1.807, 2.05) is 11.3 Å². The molecule has 3 rings (SSSR count). The highest BCUT2D eigenvalue weighted by Crippen LogP contribution is 2.44. The maximum atomic E-state index is 6.31. The summed E-state index contributed by atoms with van der Waals surface area (Å²) in [6.07, 6.45) is 7.56. The lowest BCUT2D eigenvalue weighted by atomic mass is 9.70. The van der Waals surface area contributed by atoms with Crippen LogP contribution in [0.3, 0.4) is 0 Å². The number of aryl methyl sites for hydroxylation is 1. The molecular formula is C16H26N2S. The van der Waals surface area contributed by atoms with Gasteiger partial charge in [0.25, 0.3) is 0 Å². The molecule has 1 heterocycles. The number of fused-ring (bicyclic) bond motifs is 1. The number of rotatable bonds is 4. The topological polar surface area (TPSA) is 38.9 Å². The summed E-state index contributed by atoms with van der Waals surface area (Å²) in [5, 5.41) is 1.21. The Morgan fingerprint density at radius 1 is 1.37 bits per heavy atom. The molecule has 2 atom stereocenters. The first kappa shape index (κ1) is 13.6. The Kier molecular flexibility index (Phi) is 3.46. The summed E-state index contributed by atoms with van der Waals surface area (Å²) in [7, 11) is 0. The van der Waals surface area contributed by atoms with Crippen LogP contribution in [0.5, 0.6) is 0 Å². The Labute approximate surface area is 120 Å². The van der Waals surface area contributed by atoms with Crippen molar-refractivity contribution in [3.63, 3.8) is 0 Å². The van der Waals surface area contributed by atoms with Crippen molar-refractivity contribution in [3.8, 4) is 0 Å². The van der Waals surface area contributed by atoms with E-state index in [1.165, 1.54) is 47.7 Å². The lowest BCUT2D eigenvalue weighted by Gasteiger charge is -2.35. The molecule has 1 fully saturated rings. The molecule has 19 heavy (non-hydrogen) atoms. The van der Waals surface area contributed by atoms with Crippen LogP contribution in [0.15, 0.2) is 0 Å². The Balaban J connectivity index is 1.77. The highest BCUT2D eigenvalue weighted by Gasteiger charge is 2.35. The van der Waals surface area contributed by atoms with Crippen LogP contribution < -0.4 is 5.73 Å². The summed E-state index contributed by atoms with van der Waals surface area (Å²) in [5.41, 5.74) is 8.13. The smallest absolute Gasteiger partial charge is 0.110 e. The first-order valence-corrected chi connectivity index (χ1v) is 8.57. The van der Waals surface area contributed by atoms with E-state index in [0.29, 0.717) is 5.41 Å². The third kappa shape index (κ3) is 2.59. The Bertz CT molecular complexity index is 459. The van der Waals surface area contributed by atoms with Crippen molar-refractivity contribution in [2.75, 3.05) is 0 Å². The molecule has 0 aliphatic heterocycles. The fourth-order valence-corrected chi connectivity index (χ4v) is 4.44. The SMILES string of the molecule is CCC(C)(C)C1CCc2nc(C(N)C3CC3)sc2C1. The number of hydrogen-bond acceptors (Lipinski definition) is 3. The van der Waals surface area contributed by atoms with Gasteiger partial charge in [-0.15, -0.1) is 11.3 Å². The normalized spacial score (nSPS) is 25.2. The fraction of sp³-hybridized carbons (Fsp3) is 0.812. The zero-order valence-electron chi connectivity index (χ0n) is 12.4. The van der Waals surface area contributed by atoms with Gasteiger partial charge in [-0.25, -0.2) is 4.98 Å². The summed E-state index contributed by atoms with van der Waals surface area (Å²) >= 11 is 1.91. The number of thiazole rings is 1. The number of aromatic nitrogens is 1. The molecule has 1 saturated carbocycles. The van der Waals surface area contributed by atoms with Crippen LogP contribution in [0.1, 0.15) is 68.1 Å². The minimum atomic E-state index is 0.216. The molecule has 2 aliphatic rings. The van der Waals surface area contributed by atoms with E-state index in [4.69, 9.17) is 10.7 Å². The lowest BCUT2D eigenvalue weighted by molar-refractivity contribution is 0.183. The molecule has 2 N–H and O–H groups in total. The second kappa shape index (κ2) is 4.85. The first-order valence-electron chi connectivity index (χ1n) is 7.75. The molecule has 2 nitrogen and oxygen atoms in total. The Morgan fingerprint density at radius 3 is 2.74 bits per heavy atom. The molecule has 0 bridgehead atoms. The van der Waals surface area contributed by atoms with Crippen molar-refractivity contribution >= 4 is 11.3 Å². The van der Waals surface area contributed by atoms with Crippen molar-refractivity contribution in [3.05, 3.63) is 15.6 Å². The van der Waals surface area contributed by atoms with Crippen molar-refractivity contribution in [2.45, 2.75) is 65.3 Å². The molecule has 2 aliphatic carbocycles. The molecule has 1 aromatic heterocycles. The molecule has 3 heteroatoms. The average Bonchev–Trinajstić information content (AvgIpc) is 3.16. The standard InChI is InChI=1S/C16H26N2S/c1-4-16(2,3)11-7-8-12-13(9-11)19-15(18-12)14(17)10-5-6-10/h10-11,14H,4-9,17H2,1-3H3. The van der Waals surface area contributed by atoms with Crippen LogP contribution in [0, 0.1) is 17.3 Å². The van der Waals surface area contributed by atoms with Crippen LogP contribution in [-0.4, -0.2) is 4.98 Å². The highest BCUT2D eigenvalue weighted by molar-refractivity contribution is 7.11. The number of nitrogens with zero attached hydrogens (tertiary/aromatic N) is 1. The Hall–Kier alpha value is -0.410. The monoisotopic (exact) mass is 278 g/mol. The molecule has 1 aromatic rings. The van der Waals surface area contributed by atoms with Crippen molar-refractivity contribution in [1.29, 1.82) is 0 Å². The van der Waals surface area contributed by atoms with Gasteiger partial charge in [-0.1, -0.05) is 27.2 Å². The fourth-order valence-electron chi connectivity index (χ4n) is 3.15. The molecule has 0 amide bonds. The van der Waals surface area contributed by atoms with E-state index in [1.54, 1.807) is 0 Å². The van der Waals surface area contributed by atoms with Gasteiger partial charge in [0.05, 0.1) is 11.7 Å². The zero-order chi connectivity index (χ0) is 13.6. The molecule has 0 saturated heterocycles. The van der Waals surface area contributed by atoms with Gasteiger partial charge in [0.15, 0.2) is 0 Å². The maximum Gasteiger partial charge on any atom is 0.110 e. The molecule has 106 valence electrons. The van der Waals surface area contributed by atoms with E-state index in [9.17, 15) is 0 Å². The van der Waals surface area contributed by atoms with E-state index in [-0.39, 0.29) is 6.04 Å². The second-order valence-corrected chi connectivity index (χ2v) is 8.18. The van der Waals surface area contributed by atoms with Crippen LogP contribution in [0.2, 0.25) is 0 Å². The van der Waals surface area contributed by atoms with Crippen LogP contribution >= 0.6 is 11.3 Å². The molecule has 0 aromatic carbocycles. The van der Waals surface area contributed by atoms with E-state index in [2.05, 4.69) is 20.8 Å². The lowest BCUT2D eigenvalue weighted by Crippen LogP contribution is -2.28. The summed E-state index contributed by atoms with van der Waals surface area (Å²) in [4.78, 5) is 6.38. The molecule has 0 spiro atoms. The van der Waals surface area contributed by atoms with Gasteiger partial charge in [-0.3, -0.25) is 0 Å². The summed E-state index contributed by atoms with van der Waals surface area (Å²) in [6, 6.07) is 0.216. The molecule has 0 radical (unpaired) electrons. The van der Waals surface area contributed by atoms with Crippen LogP contribution in [0.25, 0.3) is 0 Å². The predicted octanol–water partition coefficient (Wildman–Crippen LogP) is 4.09. The van der Waals surface area contributed by atoms with Crippen LogP contribution in [-0.2, 0) is 12.8 Å². The van der Waals surface area contributed by atoms with Crippen molar-refractivity contribution < 1.29 is 0 Å². The van der Waals surface area contributed by atoms with Crippen molar-refractivity contribution in [2.24, 2.45) is 23.0 Å². The quantitative estimate of drug-likeness (QED) is 0.900. The van der Waals surface area contributed by atoms with Gasteiger partial charge in [-0.05, 0) is 49.4 Å². The molecular weight excluding hydrogens is 252 g/mol. The highest BCUT2D eigenvalue weighted by atomic mass is 32.1. The average molecular weight is 278 g/mol. The van der Waals surface area contributed by atoms with Gasteiger partial charge < -0.3 is 5.73 Å². The van der Waals surface area contributed by atoms with E-state index < -0.39 is 0 Å². The minimum absolute atomic E-state index is 0.216. The van der Waals surface area contributed by atoms with Gasteiger partial charge >= 0.3 is 0 Å². The third-order valence-electron chi connectivity index (χ3n) is 5.39. The van der Waals surface area contributed by atoms with Gasteiger partial charge in [0, 0.05) is 4.88 Å². The molecule has 2 unspecified atom stereocenters. The van der Waals surface area contributed by atoms with E-state index >= 15 is 0 Å². The van der Waals surface area contributed by atoms with Crippen LogP contribution in [0.4, 0.5) is 0 Å². The van der Waals surface area contributed by atoms with Gasteiger partial charge in [-0.2, -0.15) is 0 Å². The largest absolute Gasteiger partial charge is 0.322 e. The van der Waals surface area contributed by atoms with E-state index in [0.717, 1.165) is 18.3 Å². The van der Waals surface area contributed by atoms with Crippen molar-refractivity contribution in [1.82, 2.24) is 4.98 Å². The summed E-state index contributed by atoms with van der Waals surface area (Å²) < 4.78 is 0. The minimum Gasteiger partial charge on any atom is -0.322 e. The van der Waals surface area contributed by atoms with Gasteiger partial charge in [0.1, 0.15) is 5.01 Å². The summed E-state index contributed by atoms with van der Waals surface area (Å²) in [6.45, 7) is 7.15. The maximum absolute atomic E-state index is 6.31. The number of hydrogen-bond donors (Lipinski definition) is 1. The second-order valence-electron chi connectivity index (χ2n) is 7.07. The van der Waals surface area contributed by atoms with Gasteiger partial charge in [0.2, 0.25) is 0 Å². The Morgan fingerprint density at radius 2 is 2.11 bits per heavy atom. The summed E-state index contributed by atoms with van der Waals surface area (Å²) in [5.74, 6) is 1.53. The third-order valence-corrected chi connectivity index (χ3v) is 6.61.